The lowest BCUT2D eigenvalue weighted by molar-refractivity contribution is -0.151. The van der Waals surface area contributed by atoms with Crippen LogP contribution in [0.1, 0.15) is 42.5 Å². The van der Waals surface area contributed by atoms with Gasteiger partial charge in [0.05, 0.1) is 39.0 Å². The Bertz CT molecular complexity index is 1040. The number of esters is 1. The minimum atomic E-state index is -0.201. The molecule has 4 atom stereocenters. The first-order valence-corrected chi connectivity index (χ1v) is 12.8. The molecule has 3 aromatic rings. The molecule has 0 unspecified atom stereocenters. The van der Waals surface area contributed by atoms with Crippen LogP contribution in [0, 0.1) is 5.92 Å². The van der Waals surface area contributed by atoms with Crippen LogP contribution < -0.4 is 0 Å². The molecule has 36 heavy (non-hydrogen) atoms. The number of hydrogen-bond acceptors (Lipinski definition) is 5. The molecule has 5 nitrogen and oxygen atoms in total. The molecule has 1 aliphatic heterocycles. The standard InChI is InChI=1S/C31H37NO4/c1-24(27-16-10-5-11-17-27)32-19-18-28(31(33)34-2)20-29(32)30(36-22-26-14-8-4-9-15-26)23-35-21-25-12-6-3-7-13-25/h3-17,24,28-30H,18-23H2,1-2H3/t24-,28-,29+,30+/m0/s1. The number of benzene rings is 3. The summed E-state index contributed by atoms with van der Waals surface area (Å²) in [5, 5.41) is 0. The Kier molecular flexibility index (Phi) is 9.68. The van der Waals surface area contributed by atoms with Gasteiger partial charge in [-0.2, -0.15) is 0 Å². The Morgan fingerprint density at radius 3 is 2.08 bits per heavy atom. The van der Waals surface area contributed by atoms with Gasteiger partial charge >= 0.3 is 5.97 Å². The molecular weight excluding hydrogens is 450 g/mol. The molecular formula is C31H37NO4. The Labute approximate surface area is 215 Å². The number of carbonyl (C=O) groups excluding carboxylic acids is 1. The number of nitrogens with zero attached hydrogens (tertiary/aromatic N) is 1. The molecule has 0 N–H and O–H groups in total. The molecule has 0 radical (unpaired) electrons. The second kappa shape index (κ2) is 13.4. The Balaban J connectivity index is 1.56. The molecule has 0 aliphatic carbocycles. The van der Waals surface area contributed by atoms with Gasteiger partial charge in [-0.25, -0.2) is 0 Å². The van der Waals surface area contributed by atoms with Gasteiger partial charge in [0.15, 0.2) is 0 Å². The second-order valence-corrected chi connectivity index (χ2v) is 9.47. The highest BCUT2D eigenvalue weighted by atomic mass is 16.5. The van der Waals surface area contributed by atoms with Crippen LogP contribution in [0.3, 0.4) is 0 Å². The lowest BCUT2D eigenvalue weighted by Gasteiger charge is -2.45. The minimum Gasteiger partial charge on any atom is -0.469 e. The van der Waals surface area contributed by atoms with E-state index >= 15 is 0 Å². The van der Waals surface area contributed by atoms with E-state index in [-0.39, 0.29) is 30.1 Å². The maximum absolute atomic E-state index is 12.5. The molecule has 4 rings (SSSR count). The van der Waals surface area contributed by atoms with Crippen LogP contribution in [-0.4, -0.2) is 43.3 Å². The first-order valence-electron chi connectivity index (χ1n) is 12.8. The van der Waals surface area contributed by atoms with Crippen molar-refractivity contribution in [1.82, 2.24) is 4.90 Å². The van der Waals surface area contributed by atoms with Gasteiger partial charge in [0, 0.05) is 12.1 Å². The second-order valence-electron chi connectivity index (χ2n) is 9.47. The number of piperidine rings is 1. The highest BCUT2D eigenvalue weighted by Gasteiger charge is 2.40. The third-order valence-electron chi connectivity index (χ3n) is 7.13. The van der Waals surface area contributed by atoms with Crippen LogP contribution in [0.25, 0.3) is 0 Å². The zero-order chi connectivity index (χ0) is 25.2. The summed E-state index contributed by atoms with van der Waals surface area (Å²) in [6.07, 6.45) is 1.25. The molecule has 0 bridgehead atoms. The van der Waals surface area contributed by atoms with Crippen molar-refractivity contribution in [2.45, 2.75) is 51.2 Å². The molecule has 1 saturated heterocycles. The molecule has 0 saturated carbocycles. The van der Waals surface area contributed by atoms with Crippen molar-refractivity contribution < 1.29 is 19.0 Å². The third kappa shape index (κ3) is 7.03. The average Bonchev–Trinajstić information content (AvgIpc) is 2.95. The summed E-state index contributed by atoms with van der Waals surface area (Å²) in [5.41, 5.74) is 3.50. The molecule has 0 spiro atoms. The largest absolute Gasteiger partial charge is 0.469 e. The van der Waals surface area contributed by atoms with Crippen LogP contribution in [0.4, 0.5) is 0 Å². The molecule has 3 aromatic carbocycles. The lowest BCUT2D eigenvalue weighted by atomic mass is 9.86. The Hall–Kier alpha value is -2.99. The van der Waals surface area contributed by atoms with Gasteiger partial charge < -0.3 is 14.2 Å². The van der Waals surface area contributed by atoms with Crippen LogP contribution in [0.5, 0.6) is 0 Å². The summed E-state index contributed by atoms with van der Waals surface area (Å²) in [6.45, 7) is 4.49. The van der Waals surface area contributed by atoms with E-state index in [0.29, 0.717) is 26.2 Å². The fourth-order valence-electron chi connectivity index (χ4n) is 5.08. The summed E-state index contributed by atoms with van der Waals surface area (Å²) in [5.74, 6) is -0.282. The van der Waals surface area contributed by atoms with Crippen molar-refractivity contribution in [2.24, 2.45) is 5.92 Å². The van der Waals surface area contributed by atoms with E-state index in [0.717, 1.165) is 24.1 Å². The van der Waals surface area contributed by atoms with Gasteiger partial charge in [0.25, 0.3) is 0 Å². The monoisotopic (exact) mass is 487 g/mol. The number of hydrogen-bond donors (Lipinski definition) is 0. The molecule has 0 aromatic heterocycles. The van der Waals surface area contributed by atoms with Gasteiger partial charge in [0.2, 0.25) is 0 Å². The van der Waals surface area contributed by atoms with E-state index in [1.165, 1.54) is 12.7 Å². The van der Waals surface area contributed by atoms with Gasteiger partial charge in [-0.1, -0.05) is 91.0 Å². The van der Waals surface area contributed by atoms with Crippen molar-refractivity contribution in [3.63, 3.8) is 0 Å². The predicted octanol–water partition coefficient (Wildman–Crippen LogP) is 5.80. The molecule has 5 heteroatoms. The number of ether oxygens (including phenoxy) is 3. The van der Waals surface area contributed by atoms with Crippen LogP contribution in [0.15, 0.2) is 91.0 Å². The summed E-state index contributed by atoms with van der Waals surface area (Å²) >= 11 is 0. The normalized spacial score (nSPS) is 19.9. The van der Waals surface area contributed by atoms with Gasteiger partial charge in [-0.05, 0) is 43.0 Å². The van der Waals surface area contributed by atoms with Gasteiger partial charge in [0.1, 0.15) is 0 Å². The van der Waals surface area contributed by atoms with Crippen LogP contribution in [0.2, 0.25) is 0 Å². The van der Waals surface area contributed by atoms with E-state index in [1.54, 1.807) is 0 Å². The summed E-state index contributed by atoms with van der Waals surface area (Å²) in [6, 6.07) is 31.1. The minimum absolute atomic E-state index is 0.0116. The number of rotatable bonds is 11. The average molecular weight is 488 g/mol. The van der Waals surface area contributed by atoms with E-state index in [1.807, 2.05) is 42.5 Å². The molecule has 1 heterocycles. The van der Waals surface area contributed by atoms with Crippen molar-refractivity contribution >= 4 is 5.97 Å². The predicted molar refractivity (Wildman–Crippen MR) is 141 cm³/mol. The Morgan fingerprint density at radius 2 is 1.47 bits per heavy atom. The van der Waals surface area contributed by atoms with Gasteiger partial charge in [-0.15, -0.1) is 0 Å². The fourth-order valence-corrected chi connectivity index (χ4v) is 5.08. The number of methoxy groups -OCH3 is 1. The van der Waals surface area contributed by atoms with Crippen molar-refractivity contribution in [1.29, 1.82) is 0 Å². The number of likely N-dealkylation sites (tertiary alicyclic amines) is 1. The zero-order valence-corrected chi connectivity index (χ0v) is 21.3. The molecule has 1 fully saturated rings. The van der Waals surface area contributed by atoms with E-state index in [4.69, 9.17) is 14.2 Å². The SMILES string of the molecule is COC(=O)[C@H]1CCN([C@@H](C)c2ccccc2)[C@@H]([C@@H](COCc2ccccc2)OCc2ccccc2)C1. The van der Waals surface area contributed by atoms with Crippen molar-refractivity contribution in [3.8, 4) is 0 Å². The van der Waals surface area contributed by atoms with Crippen LogP contribution in [-0.2, 0) is 32.2 Å². The fraction of sp³-hybridized carbons (Fsp3) is 0.387. The Morgan fingerprint density at radius 1 is 0.889 bits per heavy atom. The summed E-state index contributed by atoms with van der Waals surface area (Å²) in [7, 11) is 1.47. The quantitative estimate of drug-likeness (QED) is 0.320. The zero-order valence-electron chi connectivity index (χ0n) is 21.3. The highest BCUT2D eigenvalue weighted by molar-refractivity contribution is 5.72. The lowest BCUT2D eigenvalue weighted by Crippen LogP contribution is -2.53. The van der Waals surface area contributed by atoms with Crippen LogP contribution >= 0.6 is 0 Å². The number of carbonyl (C=O) groups is 1. The van der Waals surface area contributed by atoms with Gasteiger partial charge in [-0.3, -0.25) is 9.69 Å². The topological polar surface area (TPSA) is 48.0 Å². The first-order chi connectivity index (χ1) is 17.7. The third-order valence-corrected chi connectivity index (χ3v) is 7.13. The molecule has 0 amide bonds. The van der Waals surface area contributed by atoms with Crippen molar-refractivity contribution in [3.05, 3.63) is 108 Å². The maximum Gasteiger partial charge on any atom is 0.308 e. The summed E-state index contributed by atoms with van der Waals surface area (Å²) in [4.78, 5) is 15.0. The smallest absolute Gasteiger partial charge is 0.308 e. The molecule has 190 valence electrons. The first kappa shape index (κ1) is 26.1. The van der Waals surface area contributed by atoms with E-state index in [2.05, 4.69) is 60.4 Å². The highest BCUT2D eigenvalue weighted by Crippen LogP contribution is 2.34. The summed E-state index contributed by atoms with van der Waals surface area (Å²) < 4.78 is 17.9. The molecule has 1 aliphatic rings. The maximum atomic E-state index is 12.5. The van der Waals surface area contributed by atoms with E-state index < -0.39 is 0 Å². The van der Waals surface area contributed by atoms with E-state index in [9.17, 15) is 4.79 Å². The van der Waals surface area contributed by atoms with Crippen molar-refractivity contribution in [2.75, 3.05) is 20.3 Å².